The monoisotopic (exact) mass is 377 g/mol. The summed E-state index contributed by atoms with van der Waals surface area (Å²) in [6.45, 7) is 0.399. The summed E-state index contributed by atoms with van der Waals surface area (Å²) in [6, 6.07) is 5.53. The zero-order valence-corrected chi connectivity index (χ0v) is 13.4. The first-order chi connectivity index (χ1) is 11.8. The number of amides is 2. The van der Waals surface area contributed by atoms with Crippen molar-refractivity contribution >= 4 is 29.1 Å². The first-order valence-corrected chi connectivity index (χ1v) is 7.46. The number of urea groups is 1. The minimum atomic E-state index is -4.49. The number of pyridine rings is 1. The fourth-order valence-electron chi connectivity index (χ4n) is 1.84. The average Bonchev–Trinajstić information content (AvgIpc) is 2.54. The van der Waals surface area contributed by atoms with Crippen LogP contribution in [0.1, 0.15) is 5.56 Å². The molecule has 0 radical (unpaired) electrons. The summed E-state index contributed by atoms with van der Waals surface area (Å²) in [6.07, 6.45) is -3.69. The van der Waals surface area contributed by atoms with Crippen LogP contribution in [-0.4, -0.2) is 19.1 Å². The van der Waals surface area contributed by atoms with Gasteiger partial charge < -0.3 is 10.6 Å². The summed E-state index contributed by atoms with van der Waals surface area (Å²) < 4.78 is 50.3. The van der Waals surface area contributed by atoms with E-state index in [-0.39, 0.29) is 23.9 Å². The van der Waals surface area contributed by atoms with Crippen LogP contribution in [0.4, 0.5) is 33.9 Å². The van der Waals surface area contributed by atoms with Crippen LogP contribution in [0.2, 0.25) is 5.02 Å². The van der Waals surface area contributed by atoms with E-state index in [0.29, 0.717) is 5.69 Å². The van der Waals surface area contributed by atoms with Crippen molar-refractivity contribution in [3.63, 3.8) is 0 Å². The summed E-state index contributed by atoms with van der Waals surface area (Å²) in [5.74, 6) is -0.213. The van der Waals surface area contributed by atoms with E-state index in [4.69, 9.17) is 11.6 Å². The van der Waals surface area contributed by atoms with Crippen LogP contribution in [0.25, 0.3) is 0 Å². The molecule has 2 amide bonds. The smallest absolute Gasteiger partial charge is 0.334 e. The standard InChI is InChI=1S/C15H13ClF4N4O/c16-12-7-9(15(18,19)20)8-23-13(12)21-5-6-22-14(25)24-11-3-1-10(17)2-4-11/h1-4,7-8H,5-6H2,(H,21,23)(H2,22,24,25)/p+1. The fraction of sp³-hybridized carbons (Fsp3) is 0.200. The Labute approximate surface area is 145 Å². The largest absolute Gasteiger partial charge is 0.419 e. The molecule has 0 atom stereocenters. The third-order valence-electron chi connectivity index (χ3n) is 3.03. The van der Waals surface area contributed by atoms with E-state index < -0.39 is 23.6 Å². The Bertz CT molecular complexity index is 737. The summed E-state index contributed by atoms with van der Waals surface area (Å²) in [5, 5.41) is 7.68. The number of hydrogen-bond donors (Lipinski definition) is 3. The summed E-state index contributed by atoms with van der Waals surface area (Å²) in [5.41, 5.74) is -0.467. The van der Waals surface area contributed by atoms with Gasteiger partial charge in [0.25, 0.3) is 5.82 Å². The van der Waals surface area contributed by atoms with E-state index in [9.17, 15) is 22.4 Å². The van der Waals surface area contributed by atoms with Crippen molar-refractivity contribution in [2.75, 3.05) is 23.7 Å². The van der Waals surface area contributed by atoms with Crippen molar-refractivity contribution in [3.8, 4) is 0 Å². The highest BCUT2D eigenvalue weighted by molar-refractivity contribution is 6.32. The Morgan fingerprint density at radius 1 is 1.16 bits per heavy atom. The van der Waals surface area contributed by atoms with Gasteiger partial charge in [0.15, 0.2) is 0 Å². The van der Waals surface area contributed by atoms with E-state index >= 15 is 0 Å². The van der Waals surface area contributed by atoms with E-state index in [1.807, 2.05) is 0 Å². The lowest BCUT2D eigenvalue weighted by Gasteiger charge is -2.08. The van der Waals surface area contributed by atoms with E-state index in [1.165, 1.54) is 24.3 Å². The minimum Gasteiger partial charge on any atom is -0.334 e. The second-order valence-corrected chi connectivity index (χ2v) is 5.33. The molecular formula is C15H14ClF4N4O+. The molecule has 1 heterocycles. The summed E-state index contributed by atoms with van der Waals surface area (Å²) in [4.78, 5) is 14.0. The van der Waals surface area contributed by atoms with E-state index in [2.05, 4.69) is 20.9 Å². The number of aromatic amines is 1. The SMILES string of the molecule is O=C(NCCNc1[nH+]cc(C(F)(F)F)cc1Cl)Nc1ccc(F)cc1. The van der Waals surface area contributed by atoms with Gasteiger partial charge in [-0.1, -0.05) is 11.6 Å². The zero-order chi connectivity index (χ0) is 18.4. The number of alkyl halides is 3. The van der Waals surface area contributed by atoms with Crippen molar-refractivity contribution in [2.45, 2.75) is 6.18 Å². The first kappa shape index (κ1) is 18.8. The van der Waals surface area contributed by atoms with Crippen LogP contribution in [0, 0.1) is 5.82 Å². The average molecular weight is 378 g/mol. The van der Waals surface area contributed by atoms with Gasteiger partial charge in [0.05, 0.1) is 12.1 Å². The molecule has 0 spiro atoms. The Kier molecular flexibility index (Phi) is 6.02. The number of carbonyl (C=O) groups is 1. The van der Waals surface area contributed by atoms with Gasteiger partial charge in [-0.3, -0.25) is 5.32 Å². The predicted molar refractivity (Wildman–Crippen MR) is 84.9 cm³/mol. The van der Waals surface area contributed by atoms with Gasteiger partial charge in [-0.2, -0.15) is 13.2 Å². The molecule has 25 heavy (non-hydrogen) atoms. The van der Waals surface area contributed by atoms with Gasteiger partial charge in [-0.05, 0) is 30.3 Å². The molecular weight excluding hydrogens is 364 g/mol. The molecule has 1 aromatic carbocycles. The molecule has 0 aliphatic rings. The molecule has 134 valence electrons. The highest BCUT2D eigenvalue weighted by atomic mass is 35.5. The second kappa shape index (κ2) is 8.02. The molecule has 0 bridgehead atoms. The molecule has 0 saturated carbocycles. The first-order valence-electron chi connectivity index (χ1n) is 7.08. The lowest BCUT2D eigenvalue weighted by atomic mass is 10.3. The Morgan fingerprint density at radius 3 is 2.44 bits per heavy atom. The Morgan fingerprint density at radius 2 is 1.84 bits per heavy atom. The third-order valence-corrected chi connectivity index (χ3v) is 3.33. The molecule has 2 aromatic rings. The number of carbonyl (C=O) groups excluding carboxylic acids is 1. The molecule has 0 aliphatic heterocycles. The maximum atomic E-state index is 12.7. The fourth-order valence-corrected chi connectivity index (χ4v) is 2.08. The number of halogens is 5. The Hall–Kier alpha value is -2.55. The van der Waals surface area contributed by atoms with Gasteiger partial charge in [-0.15, -0.1) is 0 Å². The predicted octanol–water partition coefficient (Wildman–Crippen LogP) is 3.55. The highest BCUT2D eigenvalue weighted by Gasteiger charge is 2.32. The molecule has 1 aromatic heterocycles. The highest BCUT2D eigenvalue weighted by Crippen LogP contribution is 2.30. The lowest BCUT2D eigenvalue weighted by molar-refractivity contribution is -0.364. The van der Waals surface area contributed by atoms with Crippen LogP contribution in [-0.2, 0) is 6.18 Å². The summed E-state index contributed by atoms with van der Waals surface area (Å²) >= 11 is 5.77. The van der Waals surface area contributed by atoms with Crippen molar-refractivity contribution in [3.05, 3.63) is 52.9 Å². The van der Waals surface area contributed by atoms with Gasteiger partial charge >= 0.3 is 12.2 Å². The third kappa shape index (κ3) is 5.79. The zero-order valence-electron chi connectivity index (χ0n) is 12.7. The maximum Gasteiger partial charge on any atom is 0.419 e. The number of nitrogens with one attached hydrogen (secondary N) is 4. The maximum absolute atomic E-state index is 12.7. The van der Waals surface area contributed by atoms with Crippen molar-refractivity contribution < 1.29 is 27.3 Å². The summed E-state index contributed by atoms with van der Waals surface area (Å²) in [7, 11) is 0. The van der Waals surface area contributed by atoms with Crippen LogP contribution < -0.4 is 20.9 Å². The molecule has 10 heteroatoms. The normalized spacial score (nSPS) is 11.1. The van der Waals surface area contributed by atoms with E-state index in [1.54, 1.807) is 0 Å². The lowest BCUT2D eigenvalue weighted by Crippen LogP contribution is -2.33. The minimum absolute atomic E-state index is 0.120. The molecule has 5 nitrogen and oxygen atoms in total. The van der Waals surface area contributed by atoms with Gasteiger partial charge in [-0.25, -0.2) is 14.2 Å². The number of rotatable bonds is 5. The quantitative estimate of drug-likeness (QED) is 0.551. The number of aromatic nitrogens is 1. The van der Waals surface area contributed by atoms with Crippen molar-refractivity contribution in [1.82, 2.24) is 5.32 Å². The van der Waals surface area contributed by atoms with Crippen molar-refractivity contribution in [2.24, 2.45) is 0 Å². The van der Waals surface area contributed by atoms with Crippen LogP contribution in [0.5, 0.6) is 0 Å². The second-order valence-electron chi connectivity index (χ2n) is 4.92. The Balaban J connectivity index is 1.77. The number of anilines is 2. The van der Waals surface area contributed by atoms with Crippen LogP contribution >= 0.6 is 11.6 Å². The van der Waals surface area contributed by atoms with Crippen LogP contribution in [0.3, 0.4) is 0 Å². The molecule has 0 unspecified atom stereocenters. The van der Waals surface area contributed by atoms with Crippen molar-refractivity contribution in [1.29, 1.82) is 0 Å². The van der Waals surface area contributed by atoms with E-state index in [0.717, 1.165) is 12.3 Å². The van der Waals surface area contributed by atoms with Gasteiger partial charge in [0.1, 0.15) is 23.6 Å². The van der Waals surface area contributed by atoms with Gasteiger partial charge in [0.2, 0.25) is 0 Å². The van der Waals surface area contributed by atoms with Crippen LogP contribution in [0.15, 0.2) is 36.5 Å². The topological polar surface area (TPSA) is 67.3 Å². The molecule has 0 saturated heterocycles. The molecule has 4 N–H and O–H groups in total. The molecule has 2 rings (SSSR count). The molecule has 0 fully saturated rings. The van der Waals surface area contributed by atoms with Gasteiger partial charge in [0, 0.05) is 5.69 Å². The number of H-pyrrole nitrogens is 1. The number of benzene rings is 1. The number of hydrogen-bond acceptors (Lipinski definition) is 2. The molecule has 0 aliphatic carbocycles.